The molecule has 1 amide bonds. The van der Waals surface area contributed by atoms with E-state index in [4.69, 9.17) is 9.72 Å². The highest BCUT2D eigenvalue weighted by Gasteiger charge is 2.20. The maximum Gasteiger partial charge on any atom is 0.270 e. The van der Waals surface area contributed by atoms with Crippen molar-refractivity contribution >= 4 is 44.4 Å². The van der Waals surface area contributed by atoms with Gasteiger partial charge in [0, 0.05) is 31.3 Å². The summed E-state index contributed by atoms with van der Waals surface area (Å²) in [5.74, 6) is 0.464. The Bertz CT molecular complexity index is 1140. The number of non-ortho nitro benzene ring substituents is 1. The summed E-state index contributed by atoms with van der Waals surface area (Å²) in [5, 5.41) is 11.6. The predicted molar refractivity (Wildman–Crippen MR) is 133 cm³/mol. The van der Waals surface area contributed by atoms with Crippen LogP contribution >= 0.6 is 11.3 Å². The number of hydrogen-bond donors (Lipinski definition) is 0. The average Bonchev–Trinajstić information content (AvgIpc) is 3.25. The molecular formula is C24H28N4O4S. The first-order valence-corrected chi connectivity index (χ1v) is 11.8. The number of aromatic nitrogens is 1. The molecule has 0 N–H and O–H groups in total. The monoisotopic (exact) mass is 468 g/mol. The number of benzene rings is 2. The van der Waals surface area contributed by atoms with Gasteiger partial charge in [-0.1, -0.05) is 43.4 Å². The van der Waals surface area contributed by atoms with E-state index in [-0.39, 0.29) is 11.6 Å². The largest absolute Gasteiger partial charge is 0.492 e. The lowest BCUT2D eigenvalue weighted by Gasteiger charge is -2.23. The van der Waals surface area contributed by atoms with Crippen LogP contribution in [0, 0.1) is 10.1 Å². The number of para-hydroxylation sites is 1. The molecule has 1 aromatic heterocycles. The Morgan fingerprint density at radius 2 is 1.91 bits per heavy atom. The summed E-state index contributed by atoms with van der Waals surface area (Å²) >= 11 is 1.44. The van der Waals surface area contributed by atoms with Crippen molar-refractivity contribution in [2.45, 2.75) is 20.8 Å². The molecule has 33 heavy (non-hydrogen) atoms. The van der Waals surface area contributed by atoms with E-state index in [1.165, 1.54) is 29.5 Å². The number of rotatable bonds is 11. The maximum atomic E-state index is 13.2. The Kier molecular flexibility index (Phi) is 8.51. The van der Waals surface area contributed by atoms with Crippen molar-refractivity contribution in [2.75, 3.05) is 37.7 Å². The topological polar surface area (TPSA) is 88.8 Å². The molecule has 8 nitrogen and oxygen atoms in total. The quantitative estimate of drug-likeness (QED) is 0.224. The van der Waals surface area contributed by atoms with Gasteiger partial charge in [0.25, 0.3) is 11.6 Å². The van der Waals surface area contributed by atoms with Crippen molar-refractivity contribution in [3.8, 4) is 5.75 Å². The fourth-order valence-electron chi connectivity index (χ4n) is 3.38. The van der Waals surface area contributed by atoms with Gasteiger partial charge >= 0.3 is 0 Å². The van der Waals surface area contributed by atoms with Gasteiger partial charge < -0.3 is 9.64 Å². The lowest BCUT2D eigenvalue weighted by Crippen LogP contribution is -2.38. The van der Waals surface area contributed by atoms with Crippen LogP contribution in [-0.2, 0) is 4.79 Å². The molecular weight excluding hydrogens is 440 g/mol. The zero-order valence-corrected chi connectivity index (χ0v) is 19.9. The first-order chi connectivity index (χ1) is 16.0. The minimum absolute atomic E-state index is 0.0161. The first-order valence-electron chi connectivity index (χ1n) is 11.0. The Labute approximate surface area is 197 Å². The molecule has 3 aromatic rings. The minimum atomic E-state index is -0.452. The third-order valence-corrected chi connectivity index (χ3v) is 6.24. The standard InChI is InChI=1S/C24H28N4O4S/c1-4-26(5-2)15-16-27(22(29)14-13-18-9-7-10-19(17-18)28(30)31)24-25-23-20(32-6-3)11-8-12-21(23)33-24/h7-14,17H,4-6,15-16H2,1-3H3/b14-13+. The molecule has 0 unspecified atom stereocenters. The van der Waals surface area contributed by atoms with E-state index in [9.17, 15) is 14.9 Å². The highest BCUT2D eigenvalue weighted by Crippen LogP contribution is 2.34. The molecule has 174 valence electrons. The van der Waals surface area contributed by atoms with Gasteiger partial charge in [-0.25, -0.2) is 4.98 Å². The SMILES string of the molecule is CCOc1cccc2sc(N(CCN(CC)CC)C(=O)/C=C/c3cccc([N+](=O)[O-])c3)nc12. The number of nitrogens with zero attached hydrogens (tertiary/aromatic N) is 4. The van der Waals surface area contributed by atoms with Crippen LogP contribution in [-0.4, -0.2) is 53.5 Å². The molecule has 0 aliphatic heterocycles. The molecule has 9 heteroatoms. The molecule has 0 fully saturated rings. The van der Waals surface area contributed by atoms with Crippen LogP contribution < -0.4 is 9.64 Å². The second-order valence-electron chi connectivity index (χ2n) is 7.23. The Morgan fingerprint density at radius 1 is 1.15 bits per heavy atom. The van der Waals surface area contributed by atoms with Crippen LogP contribution in [0.15, 0.2) is 48.5 Å². The van der Waals surface area contributed by atoms with Crippen LogP contribution in [0.4, 0.5) is 10.8 Å². The summed E-state index contributed by atoms with van der Waals surface area (Å²) in [4.78, 5) is 32.4. The second-order valence-corrected chi connectivity index (χ2v) is 8.24. The molecule has 0 aliphatic rings. The maximum absolute atomic E-state index is 13.2. The molecule has 3 rings (SSSR count). The van der Waals surface area contributed by atoms with Crippen LogP contribution in [0.2, 0.25) is 0 Å². The first kappa shape index (κ1) is 24.3. The molecule has 0 saturated heterocycles. The van der Waals surface area contributed by atoms with E-state index >= 15 is 0 Å². The van der Waals surface area contributed by atoms with E-state index in [1.54, 1.807) is 23.1 Å². The lowest BCUT2D eigenvalue weighted by molar-refractivity contribution is -0.384. The fourth-order valence-corrected chi connectivity index (χ4v) is 4.39. The number of carbonyl (C=O) groups excluding carboxylic acids is 1. The smallest absolute Gasteiger partial charge is 0.270 e. The number of thiazole rings is 1. The van der Waals surface area contributed by atoms with Gasteiger partial charge in [0.1, 0.15) is 11.3 Å². The van der Waals surface area contributed by atoms with E-state index in [0.29, 0.717) is 36.1 Å². The number of nitro groups is 1. The molecule has 0 bridgehead atoms. The van der Waals surface area contributed by atoms with E-state index < -0.39 is 4.92 Å². The zero-order valence-electron chi connectivity index (χ0n) is 19.1. The predicted octanol–water partition coefficient (Wildman–Crippen LogP) is 4.99. The molecule has 0 aliphatic carbocycles. The summed E-state index contributed by atoms with van der Waals surface area (Å²) in [6.07, 6.45) is 3.04. The summed E-state index contributed by atoms with van der Waals surface area (Å²) in [6.45, 7) is 9.58. The number of likely N-dealkylation sites (N-methyl/N-ethyl adjacent to an activating group) is 1. The number of fused-ring (bicyclic) bond motifs is 1. The summed E-state index contributed by atoms with van der Waals surface area (Å²) < 4.78 is 6.65. The lowest BCUT2D eigenvalue weighted by atomic mass is 10.2. The Balaban J connectivity index is 1.91. The summed E-state index contributed by atoms with van der Waals surface area (Å²) in [6, 6.07) is 11.9. The number of amides is 1. The normalized spacial score (nSPS) is 11.4. The third-order valence-electron chi connectivity index (χ3n) is 5.20. The van der Waals surface area contributed by atoms with E-state index in [2.05, 4.69) is 18.7 Å². The zero-order chi connectivity index (χ0) is 23.8. The number of ether oxygens (including phenoxy) is 1. The van der Waals surface area contributed by atoms with E-state index in [1.807, 2.05) is 25.1 Å². The van der Waals surface area contributed by atoms with Crippen LogP contribution in [0.25, 0.3) is 16.3 Å². The van der Waals surface area contributed by atoms with Gasteiger partial charge in [0.2, 0.25) is 0 Å². The summed E-state index contributed by atoms with van der Waals surface area (Å²) in [5.41, 5.74) is 1.31. The Hall–Kier alpha value is -3.30. The minimum Gasteiger partial charge on any atom is -0.492 e. The van der Waals surface area contributed by atoms with Crippen molar-refractivity contribution in [3.63, 3.8) is 0 Å². The van der Waals surface area contributed by atoms with Crippen molar-refractivity contribution in [1.82, 2.24) is 9.88 Å². The highest BCUT2D eigenvalue weighted by molar-refractivity contribution is 7.22. The van der Waals surface area contributed by atoms with Crippen molar-refractivity contribution in [2.24, 2.45) is 0 Å². The summed E-state index contributed by atoms with van der Waals surface area (Å²) in [7, 11) is 0. The van der Waals surface area contributed by atoms with Gasteiger partial charge in [-0.3, -0.25) is 19.8 Å². The molecule has 0 atom stereocenters. The molecule has 0 saturated carbocycles. The van der Waals surface area contributed by atoms with Gasteiger partial charge in [-0.15, -0.1) is 0 Å². The fraction of sp³-hybridized carbons (Fsp3) is 0.333. The Morgan fingerprint density at radius 3 is 2.61 bits per heavy atom. The molecule has 0 spiro atoms. The number of hydrogen-bond acceptors (Lipinski definition) is 7. The highest BCUT2D eigenvalue weighted by atomic mass is 32.1. The van der Waals surface area contributed by atoms with Crippen LogP contribution in [0.5, 0.6) is 5.75 Å². The van der Waals surface area contributed by atoms with Gasteiger partial charge in [0.15, 0.2) is 5.13 Å². The van der Waals surface area contributed by atoms with Gasteiger partial charge in [0.05, 0.1) is 16.2 Å². The average molecular weight is 469 g/mol. The van der Waals surface area contributed by atoms with Gasteiger partial charge in [-0.2, -0.15) is 0 Å². The number of anilines is 1. The molecule has 0 radical (unpaired) electrons. The molecule has 2 aromatic carbocycles. The van der Waals surface area contributed by atoms with Crippen LogP contribution in [0.1, 0.15) is 26.3 Å². The second kappa shape index (κ2) is 11.5. The molecule has 1 heterocycles. The van der Waals surface area contributed by atoms with Crippen LogP contribution in [0.3, 0.4) is 0 Å². The van der Waals surface area contributed by atoms with Crippen molar-refractivity contribution in [1.29, 1.82) is 0 Å². The van der Waals surface area contributed by atoms with Crippen molar-refractivity contribution < 1.29 is 14.5 Å². The van der Waals surface area contributed by atoms with E-state index in [0.717, 1.165) is 23.3 Å². The van der Waals surface area contributed by atoms with Gasteiger partial charge in [-0.05, 0) is 43.8 Å². The number of carbonyl (C=O) groups is 1. The number of nitro benzene ring substituents is 1. The third kappa shape index (κ3) is 6.15. The van der Waals surface area contributed by atoms with Crippen molar-refractivity contribution in [3.05, 3.63) is 64.2 Å².